The molecule has 0 bridgehead atoms. The first-order valence-electron chi connectivity index (χ1n) is 5.79. The lowest BCUT2D eigenvalue weighted by Gasteiger charge is -2.31. The first-order chi connectivity index (χ1) is 7.81. The average Bonchev–Trinajstić information content (AvgIpc) is 2.25. The van der Waals surface area contributed by atoms with Crippen LogP contribution >= 0.6 is 0 Å². The van der Waals surface area contributed by atoms with Gasteiger partial charge in [-0.25, -0.2) is 0 Å². The van der Waals surface area contributed by atoms with Gasteiger partial charge in [0.2, 0.25) is 0 Å². The molecule has 0 spiro atoms. The van der Waals surface area contributed by atoms with Gasteiger partial charge in [-0.2, -0.15) is 17.0 Å². The van der Waals surface area contributed by atoms with Gasteiger partial charge in [-0.3, -0.25) is 4.79 Å². The Bertz CT molecular complexity index is 338. The summed E-state index contributed by atoms with van der Waals surface area (Å²) in [5.41, 5.74) is 0. The van der Waals surface area contributed by atoms with E-state index in [2.05, 4.69) is 0 Å². The van der Waals surface area contributed by atoms with Crippen LogP contribution in [0.2, 0.25) is 0 Å². The molecule has 0 aliphatic rings. The van der Waals surface area contributed by atoms with Crippen molar-refractivity contribution in [2.24, 2.45) is 0 Å². The third-order valence-corrected chi connectivity index (χ3v) is 4.95. The number of hydrogen-bond donors (Lipinski definition) is 1. The van der Waals surface area contributed by atoms with E-state index in [4.69, 9.17) is 5.11 Å². The second kappa shape index (κ2) is 6.93. The zero-order chi connectivity index (χ0) is 13.6. The fourth-order valence-corrected chi connectivity index (χ4v) is 3.33. The van der Waals surface area contributed by atoms with Crippen molar-refractivity contribution in [2.75, 3.05) is 19.6 Å². The molecule has 1 unspecified atom stereocenters. The van der Waals surface area contributed by atoms with E-state index in [9.17, 15) is 13.2 Å². The number of carbonyl (C=O) groups is 1. The van der Waals surface area contributed by atoms with E-state index in [0.717, 1.165) is 4.31 Å². The van der Waals surface area contributed by atoms with Crippen LogP contribution in [0.25, 0.3) is 0 Å². The molecular weight excluding hydrogens is 244 g/mol. The van der Waals surface area contributed by atoms with Gasteiger partial charge in [-0.15, -0.1) is 0 Å². The van der Waals surface area contributed by atoms with Gasteiger partial charge in [0.25, 0.3) is 10.2 Å². The fourth-order valence-electron chi connectivity index (χ4n) is 1.50. The summed E-state index contributed by atoms with van der Waals surface area (Å²) in [6, 6.07) is -0.323. The maximum Gasteiger partial charge on any atom is 0.318 e. The number of carboxylic acid groups (broad SMARTS) is 1. The van der Waals surface area contributed by atoms with Gasteiger partial charge < -0.3 is 5.11 Å². The lowest BCUT2D eigenvalue weighted by Crippen LogP contribution is -2.49. The minimum Gasteiger partial charge on any atom is -0.480 e. The first kappa shape index (κ1) is 16.3. The lowest BCUT2D eigenvalue weighted by molar-refractivity contribution is -0.137. The van der Waals surface area contributed by atoms with Gasteiger partial charge in [0.05, 0.1) is 0 Å². The molecule has 1 atom stereocenters. The summed E-state index contributed by atoms with van der Waals surface area (Å²) in [6.07, 6.45) is 0.577. The SMILES string of the molecule is CCC(C)N(CC(=O)O)S(=O)(=O)N(CC)CC. The molecule has 0 saturated heterocycles. The van der Waals surface area contributed by atoms with Crippen molar-refractivity contribution in [3.63, 3.8) is 0 Å². The van der Waals surface area contributed by atoms with Crippen LogP contribution in [-0.2, 0) is 15.0 Å². The number of hydrogen-bond acceptors (Lipinski definition) is 3. The monoisotopic (exact) mass is 266 g/mol. The molecule has 102 valence electrons. The number of aliphatic carboxylic acids is 1. The van der Waals surface area contributed by atoms with E-state index < -0.39 is 22.7 Å². The molecule has 0 heterocycles. The Morgan fingerprint density at radius 3 is 2.00 bits per heavy atom. The third kappa shape index (κ3) is 4.25. The molecule has 6 nitrogen and oxygen atoms in total. The summed E-state index contributed by atoms with van der Waals surface area (Å²) in [5.74, 6) is -1.14. The van der Waals surface area contributed by atoms with Gasteiger partial charge in [0.1, 0.15) is 6.54 Å². The van der Waals surface area contributed by atoms with Gasteiger partial charge >= 0.3 is 5.97 Å². The molecule has 0 aromatic carbocycles. The summed E-state index contributed by atoms with van der Waals surface area (Å²) in [7, 11) is -3.68. The average molecular weight is 266 g/mol. The van der Waals surface area contributed by atoms with Crippen molar-refractivity contribution in [1.82, 2.24) is 8.61 Å². The maximum atomic E-state index is 12.2. The molecule has 0 saturated carbocycles. The van der Waals surface area contributed by atoms with E-state index in [-0.39, 0.29) is 6.04 Å². The molecular formula is C10H22N2O4S. The Morgan fingerprint density at radius 2 is 1.71 bits per heavy atom. The Morgan fingerprint density at radius 1 is 1.24 bits per heavy atom. The van der Waals surface area contributed by atoms with Gasteiger partial charge in [0, 0.05) is 19.1 Å². The van der Waals surface area contributed by atoms with Crippen LogP contribution in [-0.4, -0.2) is 53.8 Å². The molecule has 0 aliphatic heterocycles. The third-order valence-electron chi connectivity index (χ3n) is 2.70. The highest BCUT2D eigenvalue weighted by Gasteiger charge is 2.32. The van der Waals surface area contributed by atoms with E-state index >= 15 is 0 Å². The largest absolute Gasteiger partial charge is 0.480 e. The minimum atomic E-state index is -3.68. The van der Waals surface area contributed by atoms with Crippen molar-refractivity contribution in [3.05, 3.63) is 0 Å². The summed E-state index contributed by atoms with van der Waals surface area (Å²) < 4.78 is 26.7. The van der Waals surface area contributed by atoms with Crippen LogP contribution in [0.3, 0.4) is 0 Å². The molecule has 0 rings (SSSR count). The minimum absolute atomic E-state index is 0.323. The molecule has 0 aromatic rings. The molecule has 0 fully saturated rings. The van der Waals surface area contributed by atoms with Crippen molar-refractivity contribution < 1.29 is 18.3 Å². The molecule has 0 aromatic heterocycles. The quantitative estimate of drug-likeness (QED) is 0.703. The summed E-state index contributed by atoms with van der Waals surface area (Å²) in [5, 5.41) is 8.79. The molecule has 0 amide bonds. The van der Waals surface area contributed by atoms with E-state index in [1.54, 1.807) is 20.8 Å². The molecule has 0 aliphatic carbocycles. The van der Waals surface area contributed by atoms with Gasteiger partial charge in [-0.1, -0.05) is 20.8 Å². The number of nitrogens with zero attached hydrogens (tertiary/aromatic N) is 2. The smallest absolute Gasteiger partial charge is 0.318 e. The summed E-state index contributed by atoms with van der Waals surface area (Å²) in [6.45, 7) is 7.19. The molecule has 17 heavy (non-hydrogen) atoms. The summed E-state index contributed by atoms with van der Waals surface area (Å²) >= 11 is 0. The highest BCUT2D eigenvalue weighted by atomic mass is 32.2. The first-order valence-corrected chi connectivity index (χ1v) is 7.19. The Labute approximate surface area is 103 Å². The van der Waals surface area contributed by atoms with E-state index in [1.807, 2.05) is 6.92 Å². The predicted molar refractivity (Wildman–Crippen MR) is 65.9 cm³/mol. The van der Waals surface area contributed by atoms with Gasteiger partial charge in [0.15, 0.2) is 0 Å². The van der Waals surface area contributed by atoms with Crippen LogP contribution in [0.5, 0.6) is 0 Å². The van der Waals surface area contributed by atoms with Crippen LogP contribution < -0.4 is 0 Å². The molecule has 7 heteroatoms. The zero-order valence-electron chi connectivity index (χ0n) is 10.9. The topological polar surface area (TPSA) is 77.9 Å². The normalized spacial score (nSPS) is 14.2. The van der Waals surface area contributed by atoms with E-state index in [1.165, 1.54) is 4.31 Å². The standard InChI is InChI=1S/C10H22N2O4S/c1-5-9(4)12(8-10(13)14)17(15,16)11(6-2)7-3/h9H,5-8H2,1-4H3,(H,13,14). The van der Waals surface area contributed by atoms with E-state index in [0.29, 0.717) is 19.5 Å². The number of carboxylic acids is 1. The highest BCUT2D eigenvalue weighted by Crippen LogP contribution is 2.14. The van der Waals surface area contributed by atoms with Crippen LogP contribution in [0.1, 0.15) is 34.1 Å². The summed E-state index contributed by atoms with van der Waals surface area (Å²) in [4.78, 5) is 10.8. The molecule has 0 radical (unpaired) electrons. The van der Waals surface area contributed by atoms with Gasteiger partial charge in [-0.05, 0) is 13.3 Å². The Kier molecular flexibility index (Phi) is 6.66. The predicted octanol–water partition coefficient (Wildman–Crippen LogP) is 0.758. The van der Waals surface area contributed by atoms with Crippen molar-refractivity contribution >= 4 is 16.2 Å². The number of rotatable bonds is 8. The Hall–Kier alpha value is -0.660. The van der Waals surface area contributed by atoms with Crippen molar-refractivity contribution in [2.45, 2.75) is 40.2 Å². The highest BCUT2D eigenvalue weighted by molar-refractivity contribution is 7.86. The van der Waals surface area contributed by atoms with Crippen molar-refractivity contribution in [3.8, 4) is 0 Å². The maximum absolute atomic E-state index is 12.2. The second-order valence-corrected chi connectivity index (χ2v) is 5.67. The fraction of sp³-hybridized carbons (Fsp3) is 0.900. The Balaban J connectivity index is 5.21. The van der Waals surface area contributed by atoms with Crippen LogP contribution in [0.4, 0.5) is 0 Å². The second-order valence-electron chi connectivity index (χ2n) is 3.79. The van der Waals surface area contributed by atoms with Crippen LogP contribution in [0, 0.1) is 0 Å². The lowest BCUT2D eigenvalue weighted by atomic mass is 10.2. The zero-order valence-corrected chi connectivity index (χ0v) is 11.7. The molecule has 1 N–H and O–H groups in total. The van der Waals surface area contributed by atoms with Crippen LogP contribution in [0.15, 0.2) is 0 Å². The van der Waals surface area contributed by atoms with Crippen molar-refractivity contribution in [1.29, 1.82) is 0 Å².